The maximum Gasteiger partial charge on any atom is 0.377 e. The van der Waals surface area contributed by atoms with E-state index >= 15 is 0 Å². The molecule has 0 amide bonds. The number of hydrogen-bond donors (Lipinski definition) is 2. The maximum absolute atomic E-state index is 10.5. The number of aromatic nitrogens is 2. The molecule has 6 nitrogen and oxygen atoms in total. The summed E-state index contributed by atoms with van der Waals surface area (Å²) in [7, 11) is 0. The molecule has 0 saturated heterocycles. The number of carboxylic acid groups (broad SMARTS) is 1. The summed E-state index contributed by atoms with van der Waals surface area (Å²) in [5, 5.41) is 11.9. The fourth-order valence-corrected chi connectivity index (χ4v) is 1.22. The van der Waals surface area contributed by atoms with Gasteiger partial charge in [-0.3, -0.25) is 0 Å². The highest BCUT2D eigenvalue weighted by Gasteiger charge is 2.12. The van der Waals surface area contributed by atoms with E-state index in [2.05, 4.69) is 10.1 Å². The second-order valence-corrected chi connectivity index (χ2v) is 3.24. The van der Waals surface area contributed by atoms with Crippen LogP contribution in [0, 0.1) is 0 Å². The smallest absolute Gasteiger partial charge is 0.377 e. The highest BCUT2D eigenvalue weighted by molar-refractivity contribution is 5.82. The summed E-state index contributed by atoms with van der Waals surface area (Å²) in [5.41, 5.74) is 7.13. The molecule has 1 heterocycles. The molecule has 2 aromatic rings. The van der Waals surface area contributed by atoms with Crippen molar-refractivity contribution in [3.05, 3.63) is 41.5 Å². The molecule has 0 saturated carbocycles. The van der Waals surface area contributed by atoms with Crippen molar-refractivity contribution >= 4 is 11.7 Å². The number of hydrogen-bond acceptors (Lipinski definition) is 5. The van der Waals surface area contributed by atoms with E-state index in [-0.39, 0.29) is 11.7 Å². The van der Waals surface area contributed by atoms with Crippen molar-refractivity contribution in [2.24, 2.45) is 0 Å². The van der Waals surface area contributed by atoms with E-state index in [0.29, 0.717) is 12.1 Å². The van der Waals surface area contributed by atoms with E-state index in [0.717, 1.165) is 5.56 Å². The summed E-state index contributed by atoms with van der Waals surface area (Å²) in [6.07, 6.45) is 0.389. The Morgan fingerprint density at radius 2 is 2.06 bits per heavy atom. The molecule has 0 atom stereocenters. The Labute approximate surface area is 90.7 Å². The van der Waals surface area contributed by atoms with Crippen molar-refractivity contribution in [2.45, 2.75) is 6.42 Å². The maximum atomic E-state index is 10.5. The second-order valence-electron chi connectivity index (χ2n) is 3.24. The third kappa shape index (κ3) is 2.17. The van der Waals surface area contributed by atoms with Gasteiger partial charge in [0.1, 0.15) is 0 Å². The first-order chi connectivity index (χ1) is 7.65. The Morgan fingerprint density at radius 3 is 2.62 bits per heavy atom. The topological polar surface area (TPSA) is 102 Å². The number of benzene rings is 1. The minimum atomic E-state index is -1.20. The largest absolute Gasteiger partial charge is 0.475 e. The molecule has 0 fully saturated rings. The molecule has 6 heteroatoms. The molecule has 0 unspecified atom stereocenters. The fourth-order valence-electron chi connectivity index (χ4n) is 1.22. The minimum absolute atomic E-state index is 0.266. The molecule has 16 heavy (non-hydrogen) atoms. The van der Waals surface area contributed by atoms with Gasteiger partial charge in [0.2, 0.25) is 5.89 Å². The number of anilines is 1. The molecule has 0 aliphatic rings. The van der Waals surface area contributed by atoms with Gasteiger partial charge in [0, 0.05) is 5.69 Å². The van der Waals surface area contributed by atoms with Crippen molar-refractivity contribution in [1.29, 1.82) is 0 Å². The van der Waals surface area contributed by atoms with Gasteiger partial charge >= 0.3 is 5.97 Å². The van der Waals surface area contributed by atoms with Crippen LogP contribution in [0.3, 0.4) is 0 Å². The molecule has 1 aromatic carbocycles. The third-order valence-electron chi connectivity index (χ3n) is 1.99. The lowest BCUT2D eigenvalue weighted by molar-refractivity contribution is 0.0680. The van der Waals surface area contributed by atoms with Gasteiger partial charge < -0.3 is 15.4 Å². The Bertz CT molecular complexity index is 504. The lowest BCUT2D eigenvalue weighted by Crippen LogP contribution is -1.99. The fraction of sp³-hybridized carbons (Fsp3) is 0.100. The summed E-state index contributed by atoms with van der Waals surface area (Å²) >= 11 is 0. The van der Waals surface area contributed by atoms with E-state index in [1.165, 1.54) is 0 Å². The van der Waals surface area contributed by atoms with Crippen LogP contribution in [0.25, 0.3) is 0 Å². The van der Waals surface area contributed by atoms with Gasteiger partial charge in [0.25, 0.3) is 5.82 Å². The second kappa shape index (κ2) is 4.01. The van der Waals surface area contributed by atoms with Crippen LogP contribution in [0.15, 0.2) is 28.8 Å². The Balaban J connectivity index is 2.14. The Hall–Kier alpha value is -2.37. The molecule has 1 aromatic heterocycles. The van der Waals surface area contributed by atoms with Crippen molar-refractivity contribution in [2.75, 3.05) is 5.73 Å². The van der Waals surface area contributed by atoms with Crippen LogP contribution in [0.5, 0.6) is 0 Å². The number of nitrogens with two attached hydrogens (primary N) is 1. The zero-order valence-electron chi connectivity index (χ0n) is 8.25. The first-order valence-electron chi connectivity index (χ1n) is 4.55. The predicted molar refractivity (Wildman–Crippen MR) is 54.9 cm³/mol. The van der Waals surface area contributed by atoms with Gasteiger partial charge in [-0.15, -0.1) is 0 Å². The molecule has 0 aliphatic heterocycles. The van der Waals surface area contributed by atoms with Crippen molar-refractivity contribution in [3.8, 4) is 0 Å². The van der Waals surface area contributed by atoms with Crippen LogP contribution in [-0.2, 0) is 6.42 Å². The summed E-state index contributed by atoms with van der Waals surface area (Å²) in [5.74, 6) is -1.26. The molecule has 0 aliphatic carbocycles. The first kappa shape index (κ1) is 10.2. The molecule has 0 spiro atoms. The first-order valence-corrected chi connectivity index (χ1v) is 4.55. The number of carbonyl (C=O) groups is 1. The van der Waals surface area contributed by atoms with Crippen LogP contribution in [-0.4, -0.2) is 21.2 Å². The van der Waals surface area contributed by atoms with Crippen LogP contribution < -0.4 is 5.73 Å². The highest BCUT2D eigenvalue weighted by Crippen LogP contribution is 2.10. The molecule has 3 N–H and O–H groups in total. The number of aromatic carboxylic acids is 1. The van der Waals surface area contributed by atoms with Crippen LogP contribution in [0.1, 0.15) is 22.1 Å². The van der Waals surface area contributed by atoms with Crippen LogP contribution in [0.4, 0.5) is 5.69 Å². The molecule has 2 rings (SSSR count). The number of carboxylic acids is 1. The van der Waals surface area contributed by atoms with Gasteiger partial charge in [0.15, 0.2) is 0 Å². The molecule has 82 valence electrons. The van der Waals surface area contributed by atoms with Gasteiger partial charge in [-0.25, -0.2) is 4.79 Å². The molecule has 0 radical (unpaired) electrons. The standard InChI is InChI=1S/C10H9N3O3/c11-7-3-1-6(2-4-7)5-8-12-9(10(14)15)13-16-8/h1-4H,5,11H2,(H,14,15). The summed E-state index contributed by atoms with van der Waals surface area (Å²) in [4.78, 5) is 14.2. The Morgan fingerprint density at radius 1 is 1.38 bits per heavy atom. The van der Waals surface area contributed by atoms with Crippen molar-refractivity contribution in [1.82, 2.24) is 10.1 Å². The zero-order valence-corrected chi connectivity index (χ0v) is 8.25. The van der Waals surface area contributed by atoms with Gasteiger partial charge in [-0.05, 0) is 22.9 Å². The monoisotopic (exact) mass is 219 g/mol. The van der Waals surface area contributed by atoms with Crippen LogP contribution in [0.2, 0.25) is 0 Å². The summed E-state index contributed by atoms with van der Waals surface area (Å²) in [6.45, 7) is 0. The molecule has 0 bridgehead atoms. The van der Waals surface area contributed by atoms with Crippen molar-refractivity contribution < 1.29 is 14.4 Å². The number of nitrogen functional groups attached to an aromatic ring is 1. The summed E-state index contributed by atoms with van der Waals surface area (Å²) in [6, 6.07) is 7.15. The molecular weight excluding hydrogens is 210 g/mol. The number of rotatable bonds is 3. The van der Waals surface area contributed by atoms with Gasteiger partial charge in [-0.1, -0.05) is 12.1 Å². The highest BCUT2D eigenvalue weighted by atomic mass is 16.5. The lowest BCUT2D eigenvalue weighted by Gasteiger charge is -1.96. The summed E-state index contributed by atoms with van der Waals surface area (Å²) < 4.78 is 4.79. The van der Waals surface area contributed by atoms with Crippen LogP contribution >= 0.6 is 0 Å². The van der Waals surface area contributed by atoms with E-state index < -0.39 is 5.97 Å². The molecular formula is C10H9N3O3. The Kier molecular flexibility index (Phi) is 2.55. The normalized spacial score (nSPS) is 10.2. The van der Waals surface area contributed by atoms with Gasteiger partial charge in [0.05, 0.1) is 6.42 Å². The lowest BCUT2D eigenvalue weighted by atomic mass is 10.1. The van der Waals surface area contributed by atoms with Gasteiger partial charge in [-0.2, -0.15) is 4.98 Å². The quantitative estimate of drug-likeness (QED) is 0.745. The predicted octanol–water partition coefficient (Wildman–Crippen LogP) is 0.941. The average molecular weight is 219 g/mol. The van der Waals surface area contributed by atoms with Crippen molar-refractivity contribution in [3.63, 3.8) is 0 Å². The van der Waals surface area contributed by atoms with E-state index in [4.69, 9.17) is 15.4 Å². The van der Waals surface area contributed by atoms with E-state index in [1.54, 1.807) is 12.1 Å². The van der Waals surface area contributed by atoms with E-state index in [9.17, 15) is 4.79 Å². The zero-order chi connectivity index (χ0) is 11.5. The SMILES string of the molecule is Nc1ccc(Cc2nc(C(=O)O)no2)cc1. The minimum Gasteiger partial charge on any atom is -0.475 e. The third-order valence-corrected chi connectivity index (χ3v) is 1.99. The van der Waals surface area contributed by atoms with E-state index in [1.807, 2.05) is 12.1 Å². The average Bonchev–Trinajstić information content (AvgIpc) is 2.70. The number of nitrogens with zero attached hydrogens (tertiary/aromatic N) is 2.